The van der Waals surface area contributed by atoms with Crippen LogP contribution in [0.3, 0.4) is 0 Å². The lowest BCUT2D eigenvalue weighted by molar-refractivity contribution is -0.385. The summed E-state index contributed by atoms with van der Waals surface area (Å²) in [6, 6.07) is 3.12. The van der Waals surface area contributed by atoms with Crippen LogP contribution in [0.2, 0.25) is 0 Å². The second-order valence-corrected chi connectivity index (χ2v) is 2.71. The first kappa shape index (κ1) is 14.2. The molecule has 1 aromatic carbocycles. The third-order valence-corrected chi connectivity index (χ3v) is 1.56. The van der Waals surface area contributed by atoms with Gasteiger partial charge in [-0.1, -0.05) is 0 Å². The predicted molar refractivity (Wildman–Crippen MR) is 58.6 cm³/mol. The summed E-state index contributed by atoms with van der Waals surface area (Å²) in [5.74, 6) is -0.692. The molecule has 0 radical (unpaired) electrons. The van der Waals surface area contributed by atoms with Crippen molar-refractivity contribution in [3.8, 4) is 11.5 Å². The Morgan fingerprint density at radius 1 is 1.31 bits per heavy atom. The Kier molecular flexibility index (Phi) is 6.62. The van der Waals surface area contributed by atoms with Crippen LogP contribution in [0, 0.1) is 10.1 Å². The van der Waals surface area contributed by atoms with E-state index in [9.17, 15) is 10.1 Å². The van der Waals surface area contributed by atoms with Crippen LogP contribution < -0.4 is 0 Å². The average Bonchev–Trinajstić information content (AvgIpc) is 2.23. The Morgan fingerprint density at radius 3 is 2.19 bits per heavy atom. The Morgan fingerprint density at radius 2 is 1.88 bits per heavy atom. The van der Waals surface area contributed by atoms with Gasteiger partial charge < -0.3 is 14.9 Å². The molecule has 2 N–H and O–H groups in total. The molecule has 0 spiro atoms. The van der Waals surface area contributed by atoms with Crippen molar-refractivity contribution in [2.75, 3.05) is 13.2 Å². The Labute approximate surface area is 93.3 Å². The van der Waals surface area contributed by atoms with Gasteiger partial charge in [0.05, 0.1) is 11.0 Å². The van der Waals surface area contributed by atoms with Crippen LogP contribution in [-0.2, 0) is 4.74 Å². The average molecular weight is 229 g/mol. The molecule has 0 aromatic heterocycles. The number of nitro benzene ring substituents is 1. The lowest BCUT2D eigenvalue weighted by atomic mass is 10.3. The van der Waals surface area contributed by atoms with Crippen LogP contribution in [0.15, 0.2) is 18.2 Å². The minimum atomic E-state index is -0.769. The van der Waals surface area contributed by atoms with Crippen LogP contribution in [0.5, 0.6) is 11.5 Å². The van der Waals surface area contributed by atoms with Crippen molar-refractivity contribution in [3.63, 3.8) is 0 Å². The molecule has 0 aliphatic rings. The maximum Gasteiger partial charge on any atom is 0.314 e. The van der Waals surface area contributed by atoms with E-state index < -0.39 is 16.4 Å². The molecule has 1 aromatic rings. The van der Waals surface area contributed by atoms with Crippen molar-refractivity contribution in [1.29, 1.82) is 0 Å². The third kappa shape index (κ3) is 5.16. The minimum Gasteiger partial charge on any atom is -0.508 e. The van der Waals surface area contributed by atoms with Gasteiger partial charge in [0.2, 0.25) is 0 Å². The number of phenolic OH excluding ortho intramolecular Hbond substituents is 2. The van der Waals surface area contributed by atoms with Crippen LogP contribution >= 0.6 is 0 Å². The molecule has 0 aliphatic carbocycles. The standard InChI is InChI=1S/C6H5NO4.C4H10O/c8-4-1-2-6(9)5(3-4)7(10)11;1-3-5-4-2/h1-3,8-9H;3-4H2,1-2H3. The maximum atomic E-state index is 10.1. The monoisotopic (exact) mass is 229 g/mol. The highest BCUT2D eigenvalue weighted by Gasteiger charge is 2.12. The molecule has 90 valence electrons. The molecule has 6 nitrogen and oxygen atoms in total. The van der Waals surface area contributed by atoms with E-state index >= 15 is 0 Å². The number of rotatable bonds is 3. The quantitative estimate of drug-likeness (QED) is 0.470. The molecular weight excluding hydrogens is 214 g/mol. The number of hydrogen-bond acceptors (Lipinski definition) is 5. The first-order chi connectivity index (χ1) is 7.52. The van der Waals surface area contributed by atoms with Gasteiger partial charge in [0.25, 0.3) is 0 Å². The molecule has 0 bridgehead atoms. The summed E-state index contributed by atoms with van der Waals surface area (Å²) in [5.41, 5.74) is -0.495. The van der Waals surface area contributed by atoms with Crippen molar-refractivity contribution < 1.29 is 19.9 Å². The number of nitro groups is 1. The second kappa shape index (κ2) is 7.47. The van der Waals surface area contributed by atoms with Gasteiger partial charge in [0.15, 0.2) is 5.75 Å². The topological polar surface area (TPSA) is 92.8 Å². The molecule has 0 atom stereocenters. The van der Waals surface area contributed by atoms with Crippen molar-refractivity contribution in [1.82, 2.24) is 0 Å². The second-order valence-electron chi connectivity index (χ2n) is 2.71. The normalized spacial score (nSPS) is 9.12. The van der Waals surface area contributed by atoms with Crippen LogP contribution in [-0.4, -0.2) is 28.4 Å². The lowest BCUT2D eigenvalue weighted by Crippen LogP contribution is -1.87. The molecule has 0 heterocycles. The molecule has 0 saturated heterocycles. The molecular formula is C10H15NO5. The fourth-order valence-corrected chi connectivity index (χ4v) is 0.862. The predicted octanol–water partition coefficient (Wildman–Crippen LogP) is 2.05. The van der Waals surface area contributed by atoms with Gasteiger partial charge in [0, 0.05) is 13.2 Å². The summed E-state index contributed by atoms with van der Waals surface area (Å²) >= 11 is 0. The van der Waals surface area contributed by atoms with Crippen molar-refractivity contribution in [3.05, 3.63) is 28.3 Å². The van der Waals surface area contributed by atoms with Gasteiger partial charge in [-0.2, -0.15) is 0 Å². The van der Waals surface area contributed by atoms with Gasteiger partial charge in [-0.05, 0) is 26.0 Å². The van der Waals surface area contributed by atoms with Crippen LogP contribution in [0.25, 0.3) is 0 Å². The first-order valence-corrected chi connectivity index (χ1v) is 4.77. The molecule has 16 heavy (non-hydrogen) atoms. The molecule has 0 saturated carbocycles. The van der Waals surface area contributed by atoms with Gasteiger partial charge in [-0.15, -0.1) is 0 Å². The zero-order valence-electron chi connectivity index (χ0n) is 9.21. The van der Waals surface area contributed by atoms with Gasteiger partial charge >= 0.3 is 5.69 Å². The molecule has 1 rings (SSSR count). The van der Waals surface area contributed by atoms with Gasteiger partial charge in [-0.25, -0.2) is 0 Å². The Bertz CT molecular complexity index is 338. The number of hydrogen-bond donors (Lipinski definition) is 2. The number of phenols is 2. The van der Waals surface area contributed by atoms with E-state index in [2.05, 4.69) is 0 Å². The SMILES string of the molecule is CCOCC.O=[N+]([O-])c1cc(O)ccc1O. The van der Waals surface area contributed by atoms with E-state index in [1.807, 2.05) is 13.8 Å². The van der Waals surface area contributed by atoms with Crippen LogP contribution in [0.1, 0.15) is 13.8 Å². The first-order valence-electron chi connectivity index (χ1n) is 4.77. The summed E-state index contributed by atoms with van der Waals surface area (Å²) in [4.78, 5) is 9.34. The highest BCUT2D eigenvalue weighted by atomic mass is 16.6. The van der Waals surface area contributed by atoms with Crippen molar-refractivity contribution in [2.24, 2.45) is 0 Å². The van der Waals surface area contributed by atoms with Gasteiger partial charge in [-0.3, -0.25) is 10.1 Å². The van der Waals surface area contributed by atoms with E-state index in [4.69, 9.17) is 14.9 Å². The fourth-order valence-electron chi connectivity index (χ4n) is 0.862. The molecule has 6 heteroatoms. The van der Waals surface area contributed by atoms with E-state index in [0.717, 1.165) is 25.3 Å². The molecule has 0 fully saturated rings. The van der Waals surface area contributed by atoms with Crippen molar-refractivity contribution in [2.45, 2.75) is 13.8 Å². The minimum absolute atomic E-state index is 0.241. The number of ether oxygens (including phenoxy) is 1. The van der Waals surface area contributed by atoms with E-state index in [1.54, 1.807) is 0 Å². The molecule has 0 amide bonds. The highest BCUT2D eigenvalue weighted by molar-refractivity contribution is 5.49. The summed E-state index contributed by atoms with van der Waals surface area (Å²) in [6.45, 7) is 5.67. The molecule has 0 unspecified atom stereocenters. The van der Waals surface area contributed by atoms with E-state index in [0.29, 0.717) is 0 Å². The maximum absolute atomic E-state index is 10.1. The summed E-state index contributed by atoms with van der Waals surface area (Å²) < 4.78 is 4.83. The van der Waals surface area contributed by atoms with E-state index in [-0.39, 0.29) is 5.75 Å². The summed E-state index contributed by atoms with van der Waals surface area (Å²) in [5, 5.41) is 27.7. The highest BCUT2D eigenvalue weighted by Crippen LogP contribution is 2.28. The summed E-state index contributed by atoms with van der Waals surface area (Å²) in [6.07, 6.45) is 0. The largest absolute Gasteiger partial charge is 0.508 e. The van der Waals surface area contributed by atoms with Crippen molar-refractivity contribution >= 4 is 5.69 Å². The zero-order chi connectivity index (χ0) is 12.6. The number of aromatic hydroxyl groups is 2. The Hall–Kier alpha value is -1.82. The van der Waals surface area contributed by atoms with Gasteiger partial charge in [0.1, 0.15) is 5.75 Å². The summed E-state index contributed by atoms with van der Waals surface area (Å²) in [7, 11) is 0. The Balaban J connectivity index is 0.000000385. The van der Waals surface area contributed by atoms with E-state index in [1.165, 1.54) is 6.07 Å². The smallest absolute Gasteiger partial charge is 0.314 e. The lowest BCUT2D eigenvalue weighted by Gasteiger charge is -1.94. The zero-order valence-corrected chi connectivity index (χ0v) is 9.21. The number of nitrogens with zero attached hydrogens (tertiary/aromatic N) is 1. The fraction of sp³-hybridized carbons (Fsp3) is 0.400. The third-order valence-electron chi connectivity index (χ3n) is 1.56. The number of benzene rings is 1. The molecule has 0 aliphatic heterocycles. The van der Waals surface area contributed by atoms with Crippen LogP contribution in [0.4, 0.5) is 5.69 Å².